The van der Waals surface area contributed by atoms with Crippen molar-refractivity contribution in [3.63, 3.8) is 0 Å². The quantitative estimate of drug-likeness (QED) is 0.527. The number of carbonyl (C=O) groups is 2. The van der Waals surface area contributed by atoms with Crippen molar-refractivity contribution in [2.75, 3.05) is 0 Å². The van der Waals surface area contributed by atoms with E-state index in [9.17, 15) is 9.59 Å². The zero-order valence-electron chi connectivity index (χ0n) is 17.0. The summed E-state index contributed by atoms with van der Waals surface area (Å²) in [6.45, 7) is 11.5. The maximum absolute atomic E-state index is 13.6. The highest BCUT2D eigenvalue weighted by molar-refractivity contribution is 6.42. The lowest BCUT2D eigenvalue weighted by Gasteiger charge is -2.43. The number of likely N-dealkylation sites (tertiary alicyclic amines) is 1. The Morgan fingerprint density at radius 2 is 1.78 bits per heavy atom. The number of ketones is 1. The molecule has 1 fully saturated rings. The predicted molar refractivity (Wildman–Crippen MR) is 110 cm³/mol. The summed E-state index contributed by atoms with van der Waals surface area (Å²) in [6.07, 6.45) is 2.19. The second kappa shape index (κ2) is 7.63. The molecule has 2 rings (SSSR count). The van der Waals surface area contributed by atoms with Gasteiger partial charge in [0.2, 0.25) is 0 Å². The molecule has 27 heavy (non-hydrogen) atoms. The van der Waals surface area contributed by atoms with Crippen LogP contribution in [-0.4, -0.2) is 33.5 Å². The third-order valence-electron chi connectivity index (χ3n) is 5.03. The first-order valence-electron chi connectivity index (χ1n) is 9.37. The van der Waals surface area contributed by atoms with Crippen molar-refractivity contribution < 1.29 is 14.3 Å². The molecule has 0 radical (unpaired) electrons. The molecule has 1 aromatic rings. The van der Waals surface area contributed by atoms with Crippen LogP contribution in [0.1, 0.15) is 77.6 Å². The van der Waals surface area contributed by atoms with Gasteiger partial charge in [0.05, 0.1) is 10.0 Å². The van der Waals surface area contributed by atoms with E-state index in [0.29, 0.717) is 28.5 Å². The molecule has 6 heteroatoms. The third kappa shape index (κ3) is 4.43. The van der Waals surface area contributed by atoms with E-state index in [2.05, 4.69) is 0 Å². The number of hydrogen-bond acceptors (Lipinski definition) is 3. The minimum absolute atomic E-state index is 0.112. The summed E-state index contributed by atoms with van der Waals surface area (Å²) in [5.74, 6) is -0.112. The first kappa shape index (κ1) is 22.0. The van der Waals surface area contributed by atoms with Gasteiger partial charge in [-0.3, -0.25) is 9.69 Å². The first-order valence-corrected chi connectivity index (χ1v) is 10.1. The fraction of sp³-hybridized carbons (Fsp3) is 0.619. The van der Waals surface area contributed by atoms with Crippen molar-refractivity contribution in [3.8, 4) is 0 Å². The van der Waals surface area contributed by atoms with E-state index in [-0.39, 0.29) is 5.78 Å². The van der Waals surface area contributed by atoms with Gasteiger partial charge >= 0.3 is 6.09 Å². The van der Waals surface area contributed by atoms with E-state index >= 15 is 0 Å². The average molecular weight is 414 g/mol. The van der Waals surface area contributed by atoms with Crippen LogP contribution in [0.15, 0.2) is 18.2 Å². The van der Waals surface area contributed by atoms with Gasteiger partial charge in [0.25, 0.3) is 0 Å². The molecule has 1 amide bonds. The summed E-state index contributed by atoms with van der Waals surface area (Å²) >= 11 is 12.1. The van der Waals surface area contributed by atoms with Gasteiger partial charge in [-0.25, -0.2) is 4.79 Å². The number of nitrogens with zero attached hydrogens (tertiary/aromatic N) is 1. The number of ether oxygens (including phenoxy) is 1. The van der Waals surface area contributed by atoms with Crippen molar-refractivity contribution in [1.29, 1.82) is 0 Å². The smallest absolute Gasteiger partial charge is 0.411 e. The van der Waals surface area contributed by atoms with Gasteiger partial charge in [0.1, 0.15) is 11.1 Å². The van der Waals surface area contributed by atoms with Gasteiger partial charge in [0.15, 0.2) is 5.78 Å². The lowest BCUT2D eigenvalue weighted by Crippen LogP contribution is -2.59. The summed E-state index contributed by atoms with van der Waals surface area (Å²) in [7, 11) is 0. The van der Waals surface area contributed by atoms with Crippen LogP contribution in [-0.2, 0) is 4.74 Å². The molecule has 0 bridgehead atoms. The Morgan fingerprint density at radius 3 is 2.30 bits per heavy atom. The number of amides is 1. The van der Waals surface area contributed by atoms with Crippen molar-refractivity contribution in [2.45, 2.75) is 83.9 Å². The fourth-order valence-electron chi connectivity index (χ4n) is 3.93. The highest BCUT2D eigenvalue weighted by Crippen LogP contribution is 2.46. The second-order valence-corrected chi connectivity index (χ2v) is 9.68. The average Bonchev–Trinajstić information content (AvgIpc) is 2.80. The van der Waals surface area contributed by atoms with Crippen LogP contribution >= 0.6 is 23.2 Å². The van der Waals surface area contributed by atoms with Crippen LogP contribution in [0.3, 0.4) is 0 Å². The molecule has 0 aliphatic carbocycles. The number of benzene rings is 1. The summed E-state index contributed by atoms with van der Waals surface area (Å²) in [4.78, 5) is 28.4. The summed E-state index contributed by atoms with van der Waals surface area (Å²) in [5.41, 5.74) is -1.61. The van der Waals surface area contributed by atoms with Crippen LogP contribution in [0.25, 0.3) is 0 Å². The summed E-state index contributed by atoms with van der Waals surface area (Å²) in [5, 5.41) is 0.726. The van der Waals surface area contributed by atoms with Crippen molar-refractivity contribution in [1.82, 2.24) is 4.90 Å². The zero-order chi connectivity index (χ0) is 20.6. The molecular formula is C21H29Cl2NO3. The minimum Gasteiger partial charge on any atom is -0.444 e. The molecule has 0 aromatic heterocycles. The molecule has 1 unspecified atom stereocenters. The van der Waals surface area contributed by atoms with E-state index in [0.717, 1.165) is 12.8 Å². The van der Waals surface area contributed by atoms with Crippen LogP contribution in [0.4, 0.5) is 4.79 Å². The van der Waals surface area contributed by atoms with Gasteiger partial charge in [0, 0.05) is 11.1 Å². The maximum atomic E-state index is 13.6. The number of rotatable bonds is 4. The molecule has 1 atom stereocenters. The highest BCUT2D eigenvalue weighted by Gasteiger charge is 2.57. The Hall–Kier alpha value is -1.26. The monoisotopic (exact) mass is 413 g/mol. The number of Topliss-reactive ketones (excluding diaryl/α,β-unsaturated/α-hetero) is 1. The van der Waals surface area contributed by atoms with Crippen LogP contribution in [0, 0.1) is 0 Å². The number of halogens is 2. The molecule has 1 heterocycles. The lowest BCUT2D eigenvalue weighted by atomic mass is 9.83. The summed E-state index contributed by atoms with van der Waals surface area (Å²) in [6, 6.07) is 4.88. The van der Waals surface area contributed by atoms with E-state index < -0.39 is 22.8 Å². The lowest BCUT2D eigenvalue weighted by molar-refractivity contribution is -0.0139. The normalized spacial score (nSPS) is 22.0. The SMILES string of the molecule is CCCC1(C(=O)c2ccc(Cl)c(Cl)c2)CCC(C)(C)N1C(=O)OC(C)(C)C. The molecule has 1 aliphatic rings. The standard InChI is InChI=1S/C21H29Cl2NO3/c1-7-10-21(17(25)14-8-9-15(22)16(23)13-14)12-11-20(5,6)24(21)18(26)27-19(2,3)4/h8-9,13H,7,10-12H2,1-6H3. The first-order chi connectivity index (χ1) is 12.3. The van der Waals surface area contributed by atoms with Gasteiger partial charge < -0.3 is 4.74 Å². The van der Waals surface area contributed by atoms with Crippen molar-refractivity contribution in [3.05, 3.63) is 33.8 Å². The zero-order valence-corrected chi connectivity index (χ0v) is 18.5. The Morgan fingerprint density at radius 1 is 1.15 bits per heavy atom. The molecule has 0 N–H and O–H groups in total. The Balaban J connectivity index is 2.54. The van der Waals surface area contributed by atoms with E-state index in [4.69, 9.17) is 27.9 Å². The highest BCUT2D eigenvalue weighted by atomic mass is 35.5. The van der Waals surface area contributed by atoms with Gasteiger partial charge in [-0.2, -0.15) is 0 Å². The third-order valence-corrected chi connectivity index (χ3v) is 5.77. The van der Waals surface area contributed by atoms with Gasteiger partial charge in [-0.05, 0) is 72.1 Å². The van der Waals surface area contributed by atoms with E-state index in [1.54, 1.807) is 23.1 Å². The number of hydrogen-bond donors (Lipinski definition) is 0. The topological polar surface area (TPSA) is 46.6 Å². The molecule has 1 aromatic carbocycles. The molecule has 0 saturated carbocycles. The number of carbonyl (C=O) groups excluding carboxylic acids is 2. The Kier molecular flexibility index (Phi) is 6.23. The Labute approximate surface area is 172 Å². The van der Waals surface area contributed by atoms with Gasteiger partial charge in [-0.15, -0.1) is 0 Å². The molecule has 1 saturated heterocycles. The molecule has 4 nitrogen and oxygen atoms in total. The molecule has 0 spiro atoms. The molecule has 1 aliphatic heterocycles. The fourth-order valence-corrected chi connectivity index (χ4v) is 4.23. The van der Waals surface area contributed by atoms with Crippen LogP contribution in [0.5, 0.6) is 0 Å². The van der Waals surface area contributed by atoms with Crippen LogP contribution < -0.4 is 0 Å². The maximum Gasteiger partial charge on any atom is 0.411 e. The Bertz CT molecular complexity index is 739. The summed E-state index contributed by atoms with van der Waals surface area (Å²) < 4.78 is 5.68. The minimum atomic E-state index is -0.947. The van der Waals surface area contributed by atoms with Crippen molar-refractivity contribution >= 4 is 35.1 Å². The van der Waals surface area contributed by atoms with Gasteiger partial charge in [-0.1, -0.05) is 36.5 Å². The van der Waals surface area contributed by atoms with E-state index in [1.165, 1.54) is 0 Å². The second-order valence-electron chi connectivity index (χ2n) is 8.87. The van der Waals surface area contributed by atoms with Crippen LogP contribution in [0.2, 0.25) is 10.0 Å². The van der Waals surface area contributed by atoms with Crippen molar-refractivity contribution in [2.24, 2.45) is 0 Å². The largest absolute Gasteiger partial charge is 0.444 e. The molecular weight excluding hydrogens is 385 g/mol. The molecule has 150 valence electrons. The predicted octanol–water partition coefficient (Wildman–Crippen LogP) is 6.52. The van der Waals surface area contributed by atoms with E-state index in [1.807, 2.05) is 41.5 Å².